The van der Waals surface area contributed by atoms with Gasteiger partial charge >= 0.3 is 0 Å². The summed E-state index contributed by atoms with van der Waals surface area (Å²) in [5.41, 5.74) is 2.04. The number of rotatable bonds is 1. The number of amides is 1. The van der Waals surface area contributed by atoms with E-state index in [1.807, 2.05) is 26.0 Å². The maximum Gasteiger partial charge on any atom is 0.234 e. The molecule has 1 aliphatic heterocycles. The third kappa shape index (κ3) is 1.48. The number of fused-ring (bicyclic) bond motifs is 1. The zero-order valence-electron chi connectivity index (χ0n) is 8.50. The highest BCUT2D eigenvalue weighted by molar-refractivity contribution is 7.78. The van der Waals surface area contributed by atoms with E-state index in [1.54, 1.807) is 6.07 Å². The largest absolute Gasteiger partial charge is 0.325 e. The molecule has 4 heteroatoms. The molecule has 1 N–H and O–H groups in total. The molecule has 0 aromatic heterocycles. The second kappa shape index (κ2) is 3.26. The van der Waals surface area contributed by atoms with E-state index in [2.05, 4.69) is 27.7 Å². The predicted octanol–water partition coefficient (Wildman–Crippen LogP) is 2.65. The van der Waals surface area contributed by atoms with Crippen molar-refractivity contribution in [2.75, 3.05) is 5.32 Å². The topological polar surface area (TPSA) is 41.5 Å². The Morgan fingerprint density at radius 1 is 1.47 bits per heavy atom. The van der Waals surface area contributed by atoms with Crippen molar-refractivity contribution in [1.82, 2.24) is 0 Å². The number of hydrogen-bond acceptors (Lipinski definition) is 3. The van der Waals surface area contributed by atoms with E-state index in [4.69, 9.17) is 0 Å². The first-order valence-electron chi connectivity index (χ1n) is 4.59. The fourth-order valence-corrected chi connectivity index (χ4v) is 1.79. The lowest BCUT2D eigenvalue weighted by molar-refractivity contribution is -0.119. The Morgan fingerprint density at radius 2 is 2.20 bits per heavy atom. The molecule has 1 aromatic rings. The summed E-state index contributed by atoms with van der Waals surface area (Å²) in [4.78, 5) is 15.5. The van der Waals surface area contributed by atoms with Gasteiger partial charge in [0.25, 0.3) is 0 Å². The molecule has 0 spiro atoms. The van der Waals surface area contributed by atoms with Gasteiger partial charge in [-0.1, -0.05) is 0 Å². The van der Waals surface area contributed by atoms with E-state index in [0.29, 0.717) is 0 Å². The number of hydrogen-bond donors (Lipinski definition) is 1. The minimum atomic E-state index is -0.498. The maximum atomic E-state index is 11.6. The quantitative estimate of drug-likeness (QED) is 0.581. The van der Waals surface area contributed by atoms with Crippen molar-refractivity contribution in [3.63, 3.8) is 0 Å². The first-order chi connectivity index (χ1) is 7.05. The molecule has 0 unspecified atom stereocenters. The summed E-state index contributed by atoms with van der Waals surface area (Å²) in [5, 5.41) is 5.15. The summed E-state index contributed by atoms with van der Waals surface area (Å²) < 4.78 is 0. The highest BCUT2D eigenvalue weighted by Gasteiger charge is 2.38. The van der Waals surface area contributed by atoms with E-state index in [1.165, 1.54) is 0 Å². The Kier molecular flexibility index (Phi) is 2.18. The Labute approximate surface area is 93.2 Å². The fourth-order valence-electron chi connectivity index (χ4n) is 1.68. The number of thiocarbonyl (C=S) groups is 1. The summed E-state index contributed by atoms with van der Waals surface area (Å²) in [6.07, 6.45) is 0. The molecule has 2 rings (SSSR count). The van der Waals surface area contributed by atoms with Crippen LogP contribution in [0, 0.1) is 0 Å². The zero-order valence-corrected chi connectivity index (χ0v) is 9.31. The first kappa shape index (κ1) is 10.0. The van der Waals surface area contributed by atoms with Gasteiger partial charge in [0.15, 0.2) is 0 Å². The Hall–Kier alpha value is -1.51. The van der Waals surface area contributed by atoms with Gasteiger partial charge in [0.05, 0.1) is 16.3 Å². The number of benzene rings is 1. The highest BCUT2D eigenvalue weighted by atomic mass is 32.1. The van der Waals surface area contributed by atoms with Crippen LogP contribution in [0.3, 0.4) is 0 Å². The number of nitrogens with one attached hydrogen (secondary N) is 1. The number of nitrogens with zero attached hydrogens (tertiary/aromatic N) is 1. The van der Waals surface area contributed by atoms with Gasteiger partial charge in [0.1, 0.15) is 0 Å². The number of isothiocyanates is 1. The van der Waals surface area contributed by atoms with Gasteiger partial charge in [-0.2, -0.15) is 4.99 Å². The van der Waals surface area contributed by atoms with Gasteiger partial charge in [-0.05, 0) is 49.8 Å². The molecule has 3 nitrogen and oxygen atoms in total. The van der Waals surface area contributed by atoms with E-state index in [-0.39, 0.29) is 5.91 Å². The Morgan fingerprint density at radius 3 is 2.87 bits per heavy atom. The molecule has 0 aliphatic carbocycles. The van der Waals surface area contributed by atoms with Crippen LogP contribution in [0.1, 0.15) is 19.4 Å². The minimum Gasteiger partial charge on any atom is -0.325 e. The van der Waals surface area contributed by atoms with Crippen molar-refractivity contribution in [3.05, 3.63) is 23.8 Å². The van der Waals surface area contributed by atoms with Crippen molar-refractivity contribution >= 4 is 34.7 Å². The highest BCUT2D eigenvalue weighted by Crippen LogP contribution is 2.39. The van der Waals surface area contributed by atoms with Gasteiger partial charge in [-0.25, -0.2) is 0 Å². The predicted molar refractivity (Wildman–Crippen MR) is 62.8 cm³/mol. The molecule has 1 aromatic carbocycles. The molecule has 15 heavy (non-hydrogen) atoms. The Balaban J connectivity index is 2.59. The summed E-state index contributed by atoms with van der Waals surface area (Å²) >= 11 is 4.54. The summed E-state index contributed by atoms with van der Waals surface area (Å²) in [6, 6.07) is 5.51. The lowest BCUT2D eigenvalue weighted by Crippen LogP contribution is -2.26. The average Bonchev–Trinajstić information content (AvgIpc) is 2.40. The normalized spacial score (nSPS) is 16.5. The summed E-state index contributed by atoms with van der Waals surface area (Å²) in [7, 11) is 0. The van der Waals surface area contributed by atoms with Crippen LogP contribution in [0.5, 0.6) is 0 Å². The number of aliphatic imine (C=N–C) groups is 1. The molecule has 1 heterocycles. The molecule has 0 radical (unpaired) electrons. The molecule has 0 saturated heterocycles. The molecule has 0 bridgehead atoms. The van der Waals surface area contributed by atoms with E-state index in [0.717, 1.165) is 16.9 Å². The second-order valence-electron chi connectivity index (χ2n) is 4.01. The second-order valence-corrected chi connectivity index (χ2v) is 4.19. The van der Waals surface area contributed by atoms with Crippen molar-refractivity contribution in [3.8, 4) is 0 Å². The van der Waals surface area contributed by atoms with E-state index >= 15 is 0 Å². The molecular formula is C11H10N2OS. The molecule has 1 amide bonds. The van der Waals surface area contributed by atoms with Crippen LogP contribution in [0.15, 0.2) is 23.2 Å². The van der Waals surface area contributed by atoms with Crippen molar-refractivity contribution in [2.24, 2.45) is 4.99 Å². The van der Waals surface area contributed by atoms with Crippen LogP contribution in [0.25, 0.3) is 0 Å². The molecule has 1 aliphatic rings. The van der Waals surface area contributed by atoms with Crippen LogP contribution < -0.4 is 5.32 Å². The van der Waals surface area contributed by atoms with Gasteiger partial charge < -0.3 is 5.32 Å². The van der Waals surface area contributed by atoms with Crippen LogP contribution in [-0.2, 0) is 10.2 Å². The lowest BCUT2D eigenvalue weighted by atomic mass is 9.86. The van der Waals surface area contributed by atoms with Gasteiger partial charge in [0.2, 0.25) is 5.91 Å². The maximum absolute atomic E-state index is 11.6. The van der Waals surface area contributed by atoms with Crippen molar-refractivity contribution in [2.45, 2.75) is 19.3 Å². The van der Waals surface area contributed by atoms with Crippen LogP contribution >= 0.6 is 12.2 Å². The minimum absolute atomic E-state index is 0.0148. The Bertz CT molecular complexity index is 487. The smallest absolute Gasteiger partial charge is 0.234 e. The molecule has 0 fully saturated rings. The molecule has 0 saturated carbocycles. The fraction of sp³-hybridized carbons (Fsp3) is 0.273. The number of carbonyl (C=O) groups excluding carboxylic acids is 1. The van der Waals surface area contributed by atoms with Gasteiger partial charge in [-0.15, -0.1) is 0 Å². The van der Waals surface area contributed by atoms with Crippen LogP contribution in [-0.4, -0.2) is 11.1 Å². The van der Waals surface area contributed by atoms with Gasteiger partial charge in [-0.3, -0.25) is 4.79 Å². The van der Waals surface area contributed by atoms with Crippen LogP contribution in [0.4, 0.5) is 11.4 Å². The summed E-state index contributed by atoms with van der Waals surface area (Å²) in [5.74, 6) is 0.0148. The third-order valence-electron chi connectivity index (χ3n) is 2.67. The van der Waals surface area contributed by atoms with E-state index in [9.17, 15) is 4.79 Å². The van der Waals surface area contributed by atoms with Gasteiger partial charge in [0, 0.05) is 5.69 Å². The first-order valence-corrected chi connectivity index (χ1v) is 5.00. The monoisotopic (exact) mass is 218 g/mol. The number of anilines is 1. The lowest BCUT2D eigenvalue weighted by Gasteiger charge is -2.14. The van der Waals surface area contributed by atoms with Crippen molar-refractivity contribution < 1.29 is 4.79 Å². The zero-order chi connectivity index (χ0) is 11.1. The standard InChI is InChI=1S/C11H10N2OS/c1-11(2)8-5-7(12-6-15)3-4-9(8)13-10(11)14/h3-5H,1-2H3,(H,13,14). The average molecular weight is 218 g/mol. The third-order valence-corrected chi connectivity index (χ3v) is 2.76. The van der Waals surface area contributed by atoms with E-state index < -0.39 is 5.41 Å². The molecule has 76 valence electrons. The molecule has 0 atom stereocenters. The molecular weight excluding hydrogens is 208 g/mol. The number of carbonyl (C=O) groups is 1. The SMILES string of the molecule is CC1(C)C(=O)Nc2ccc(N=C=S)cc21. The summed E-state index contributed by atoms with van der Waals surface area (Å²) in [6.45, 7) is 3.78. The van der Waals surface area contributed by atoms with Crippen LogP contribution in [0.2, 0.25) is 0 Å². The van der Waals surface area contributed by atoms with Crippen molar-refractivity contribution in [1.29, 1.82) is 0 Å².